The number of hydrogen-bond donors (Lipinski definition) is 1. The largest absolute Gasteiger partial charge is 0.288 e. The fourth-order valence-electron chi connectivity index (χ4n) is 1.38. The monoisotopic (exact) mass is 355 g/mol. The molecule has 0 fully saturated rings. The second-order valence-electron chi connectivity index (χ2n) is 3.57. The fraction of sp³-hybridized carbons (Fsp3) is 0.0909. The van der Waals surface area contributed by atoms with Gasteiger partial charge in [0.2, 0.25) is 0 Å². The number of thiophene rings is 1. The van der Waals surface area contributed by atoms with Gasteiger partial charge in [-0.25, -0.2) is 8.42 Å². The highest BCUT2D eigenvalue weighted by Crippen LogP contribution is 2.30. The van der Waals surface area contributed by atoms with E-state index in [4.69, 9.17) is 11.6 Å². The van der Waals surface area contributed by atoms with Gasteiger partial charge in [0.05, 0.1) is 4.34 Å². The molecule has 0 saturated carbocycles. The van der Waals surface area contributed by atoms with E-state index in [-0.39, 0.29) is 14.8 Å². The van der Waals surface area contributed by atoms with Gasteiger partial charge in [-0.2, -0.15) is 8.78 Å². The van der Waals surface area contributed by atoms with Crippen molar-refractivity contribution in [1.82, 2.24) is 0 Å². The van der Waals surface area contributed by atoms with Gasteiger partial charge in [0.1, 0.15) is 4.21 Å². The standard InChI is InChI=1S/C11H8ClF2NO2S3/c12-9-4-5-10(19-9)20(16,17)15-7-2-1-3-8(6-7)18-11(13)14/h1-6,11,15H. The number of anilines is 1. The molecule has 2 aromatic rings. The van der Waals surface area contributed by atoms with Crippen molar-refractivity contribution in [3.05, 3.63) is 40.7 Å². The van der Waals surface area contributed by atoms with Crippen LogP contribution in [0.1, 0.15) is 0 Å². The van der Waals surface area contributed by atoms with Gasteiger partial charge in [-0.3, -0.25) is 4.72 Å². The number of hydrogen-bond acceptors (Lipinski definition) is 4. The van der Waals surface area contributed by atoms with Gasteiger partial charge in [-0.15, -0.1) is 11.3 Å². The first kappa shape index (κ1) is 15.6. The summed E-state index contributed by atoms with van der Waals surface area (Å²) < 4.78 is 51.4. The average Bonchev–Trinajstić information content (AvgIpc) is 2.75. The van der Waals surface area contributed by atoms with E-state index in [1.807, 2.05) is 0 Å². The van der Waals surface area contributed by atoms with Gasteiger partial charge in [0.15, 0.2) is 0 Å². The lowest BCUT2D eigenvalue weighted by atomic mass is 10.3. The van der Waals surface area contributed by atoms with Gasteiger partial charge >= 0.3 is 0 Å². The number of halogens is 3. The van der Waals surface area contributed by atoms with Crippen LogP contribution in [-0.4, -0.2) is 14.2 Å². The number of alkyl halides is 2. The molecule has 0 radical (unpaired) electrons. The Bertz CT molecular complexity index is 703. The Balaban J connectivity index is 2.21. The third-order valence-corrected chi connectivity index (χ3v) is 5.93. The molecule has 1 aromatic carbocycles. The molecular weight excluding hydrogens is 348 g/mol. The third kappa shape index (κ3) is 4.08. The minimum absolute atomic E-state index is 0.0643. The third-order valence-electron chi connectivity index (χ3n) is 2.12. The number of nitrogens with one attached hydrogen (secondary N) is 1. The summed E-state index contributed by atoms with van der Waals surface area (Å²) in [5.41, 5.74) is 0.222. The number of sulfonamides is 1. The van der Waals surface area contributed by atoms with E-state index < -0.39 is 15.8 Å². The van der Waals surface area contributed by atoms with Crippen LogP contribution in [0, 0.1) is 0 Å². The van der Waals surface area contributed by atoms with Crippen LogP contribution in [0.3, 0.4) is 0 Å². The van der Waals surface area contributed by atoms with Crippen molar-refractivity contribution in [2.75, 3.05) is 4.72 Å². The van der Waals surface area contributed by atoms with Crippen LogP contribution in [0.5, 0.6) is 0 Å². The van der Waals surface area contributed by atoms with Crippen molar-refractivity contribution in [2.45, 2.75) is 14.9 Å². The molecule has 9 heteroatoms. The maximum Gasteiger partial charge on any atom is 0.288 e. The number of rotatable bonds is 5. The van der Waals surface area contributed by atoms with E-state index in [0.29, 0.717) is 16.1 Å². The van der Waals surface area contributed by atoms with Crippen LogP contribution in [0.15, 0.2) is 45.5 Å². The van der Waals surface area contributed by atoms with Crippen molar-refractivity contribution in [2.24, 2.45) is 0 Å². The highest BCUT2D eigenvalue weighted by atomic mass is 35.5. The van der Waals surface area contributed by atoms with Crippen molar-refractivity contribution in [1.29, 1.82) is 0 Å². The van der Waals surface area contributed by atoms with E-state index in [1.54, 1.807) is 0 Å². The molecule has 0 amide bonds. The lowest BCUT2D eigenvalue weighted by molar-refractivity contribution is 0.252. The van der Waals surface area contributed by atoms with Crippen LogP contribution >= 0.6 is 34.7 Å². The molecule has 0 aliphatic heterocycles. The molecule has 20 heavy (non-hydrogen) atoms. The summed E-state index contributed by atoms with van der Waals surface area (Å²) in [6.45, 7) is 0. The number of benzene rings is 1. The minimum Gasteiger partial charge on any atom is -0.279 e. The maximum atomic E-state index is 12.3. The zero-order chi connectivity index (χ0) is 14.8. The molecule has 108 valence electrons. The summed E-state index contributed by atoms with van der Waals surface area (Å²) in [7, 11) is -3.75. The Morgan fingerprint density at radius 1 is 1.25 bits per heavy atom. The molecule has 0 spiro atoms. The minimum atomic E-state index is -3.75. The summed E-state index contributed by atoms with van der Waals surface area (Å²) in [4.78, 5) is 0.282. The Kier molecular flexibility index (Phi) is 4.90. The molecule has 0 atom stereocenters. The molecule has 0 aliphatic carbocycles. The first-order chi connectivity index (χ1) is 9.37. The lowest BCUT2D eigenvalue weighted by Crippen LogP contribution is -2.11. The zero-order valence-corrected chi connectivity index (χ0v) is 12.9. The molecule has 2 rings (SSSR count). The summed E-state index contributed by atoms with van der Waals surface area (Å²) in [5.74, 6) is -2.56. The smallest absolute Gasteiger partial charge is 0.279 e. The van der Waals surface area contributed by atoms with Crippen LogP contribution in [0.25, 0.3) is 0 Å². The SMILES string of the molecule is O=S(=O)(Nc1cccc(SC(F)F)c1)c1ccc(Cl)s1. The van der Waals surface area contributed by atoms with E-state index in [1.165, 1.54) is 36.4 Å². The van der Waals surface area contributed by atoms with E-state index in [2.05, 4.69) is 4.72 Å². The molecule has 3 nitrogen and oxygen atoms in total. The summed E-state index contributed by atoms with van der Waals surface area (Å²) >= 11 is 6.96. The zero-order valence-electron chi connectivity index (χ0n) is 9.72. The van der Waals surface area contributed by atoms with Gasteiger partial charge in [-0.05, 0) is 30.3 Å². The Morgan fingerprint density at radius 3 is 2.60 bits per heavy atom. The summed E-state index contributed by atoms with van der Waals surface area (Å²) in [6, 6.07) is 8.68. The molecular formula is C11H8ClF2NO2S3. The van der Waals surface area contributed by atoms with Crippen molar-refractivity contribution in [3.8, 4) is 0 Å². The highest BCUT2D eigenvalue weighted by Gasteiger charge is 2.17. The first-order valence-electron chi connectivity index (χ1n) is 5.20. The Morgan fingerprint density at radius 2 is 2.00 bits per heavy atom. The first-order valence-corrected chi connectivity index (χ1v) is 8.75. The van der Waals surface area contributed by atoms with Crippen LogP contribution < -0.4 is 4.72 Å². The quantitative estimate of drug-likeness (QED) is 0.802. The van der Waals surface area contributed by atoms with Crippen molar-refractivity contribution < 1.29 is 17.2 Å². The maximum absolute atomic E-state index is 12.3. The number of thioether (sulfide) groups is 1. The molecule has 0 aliphatic rings. The lowest BCUT2D eigenvalue weighted by Gasteiger charge is -2.07. The van der Waals surface area contributed by atoms with E-state index in [0.717, 1.165) is 11.3 Å². The van der Waals surface area contributed by atoms with Crippen molar-refractivity contribution >= 4 is 50.4 Å². The summed E-state index contributed by atoms with van der Waals surface area (Å²) in [6.07, 6.45) is 0. The van der Waals surface area contributed by atoms with Crippen LogP contribution in [0.2, 0.25) is 4.34 Å². The van der Waals surface area contributed by atoms with Crippen LogP contribution in [-0.2, 0) is 10.0 Å². The normalized spacial score (nSPS) is 11.8. The molecule has 1 N–H and O–H groups in total. The second kappa shape index (κ2) is 6.30. The van der Waals surface area contributed by atoms with E-state index in [9.17, 15) is 17.2 Å². The fourth-order valence-corrected chi connectivity index (χ4v) is 4.47. The topological polar surface area (TPSA) is 46.2 Å². The molecule has 0 saturated heterocycles. The summed E-state index contributed by atoms with van der Waals surface area (Å²) in [5, 5.41) is 0. The Hall–Kier alpha value is -0.830. The molecule has 0 bridgehead atoms. The predicted octanol–water partition coefficient (Wildman–Crippen LogP) is 4.52. The highest BCUT2D eigenvalue weighted by molar-refractivity contribution is 7.99. The molecule has 0 unspecified atom stereocenters. The van der Waals surface area contributed by atoms with Gasteiger partial charge in [0.25, 0.3) is 15.8 Å². The van der Waals surface area contributed by atoms with Gasteiger partial charge < -0.3 is 0 Å². The van der Waals surface area contributed by atoms with Gasteiger partial charge in [0, 0.05) is 10.6 Å². The van der Waals surface area contributed by atoms with Crippen LogP contribution in [0.4, 0.5) is 14.5 Å². The van der Waals surface area contributed by atoms with E-state index >= 15 is 0 Å². The van der Waals surface area contributed by atoms with Crippen molar-refractivity contribution in [3.63, 3.8) is 0 Å². The Labute approximate surface area is 128 Å². The molecule has 1 aromatic heterocycles. The predicted molar refractivity (Wildman–Crippen MR) is 78.4 cm³/mol. The van der Waals surface area contributed by atoms with Gasteiger partial charge in [-0.1, -0.05) is 29.4 Å². The molecule has 1 heterocycles. The second-order valence-corrected chi connectivity index (χ2v) is 8.26. The average molecular weight is 356 g/mol.